The van der Waals surface area contributed by atoms with Gasteiger partial charge in [0.05, 0.1) is 58.7 Å². The first-order valence-corrected chi connectivity index (χ1v) is 25.3. The molecule has 71 heavy (non-hydrogen) atoms. The lowest BCUT2D eigenvalue weighted by molar-refractivity contribution is -0.384. The molecular formula is C50H85N7O14. The fraction of sp³-hybridized carbons (Fsp3) is 0.820. The van der Waals surface area contributed by atoms with Gasteiger partial charge in [-0.25, -0.2) is 0 Å². The molecule has 0 saturated carbocycles. The maximum Gasteiger partial charge on any atom is 0.311 e. The van der Waals surface area contributed by atoms with Gasteiger partial charge in [0.25, 0.3) is 5.69 Å². The molecule has 0 bridgehead atoms. The summed E-state index contributed by atoms with van der Waals surface area (Å²) in [5.74, 6) is -2.81. The number of nitrogens with one attached hydrogen (secondary N) is 1. The molecule has 3 saturated heterocycles. The highest BCUT2D eigenvalue weighted by molar-refractivity contribution is 5.73. The molecule has 0 radical (unpaired) electrons. The quantitative estimate of drug-likeness (QED) is 0.0611. The number of rotatable bonds is 16. The van der Waals surface area contributed by atoms with Gasteiger partial charge in [-0.05, 0) is 93.3 Å². The number of hydrogen-bond acceptors (Lipinski definition) is 19. The Bertz CT molecular complexity index is 2000. The van der Waals surface area contributed by atoms with Crippen molar-refractivity contribution in [1.29, 1.82) is 0 Å². The monoisotopic (exact) mass is 1010 g/mol. The van der Waals surface area contributed by atoms with Crippen molar-refractivity contribution in [2.24, 2.45) is 17.8 Å². The fourth-order valence-corrected chi connectivity index (χ4v) is 10.8. The SMILES string of the molecule is CC[C@H]1OC(=O)[C@H](C)[C@@H](O[C@H]2C[C@@](C)(OC)[C@@H](O)[C@H](C)O2)[C@H](C)[C@@H](O[C@@H]2O[C@H](C)C[C@H](N(C)CCc3cn(CCNCc4ccc([N+](=O)[O-])cc4)nn3)[C@H]2O)[C@](C)(O)C[C@@H](C)CN(C)[C@H](C)[C@@H](O)[C@]1(C)O. The minimum absolute atomic E-state index is 0.0466. The Morgan fingerprint density at radius 1 is 1.00 bits per heavy atom. The Morgan fingerprint density at radius 2 is 1.68 bits per heavy atom. The molecule has 3 aliphatic heterocycles. The van der Waals surface area contributed by atoms with Crippen LogP contribution in [0.2, 0.25) is 0 Å². The van der Waals surface area contributed by atoms with E-state index in [9.17, 15) is 40.4 Å². The minimum Gasteiger partial charge on any atom is -0.459 e. The van der Waals surface area contributed by atoms with Crippen LogP contribution in [0.15, 0.2) is 30.5 Å². The third-order valence-electron chi connectivity index (χ3n) is 15.4. The van der Waals surface area contributed by atoms with Crippen LogP contribution in [-0.4, -0.2) is 192 Å². The summed E-state index contributed by atoms with van der Waals surface area (Å²) in [5, 5.41) is 82.6. The summed E-state index contributed by atoms with van der Waals surface area (Å²) in [6.45, 7) is 20.1. The Morgan fingerprint density at radius 3 is 2.31 bits per heavy atom. The zero-order valence-electron chi connectivity index (χ0n) is 44.2. The van der Waals surface area contributed by atoms with Crippen LogP contribution in [-0.2, 0) is 52.7 Å². The molecule has 0 spiro atoms. The Balaban J connectivity index is 1.38. The predicted octanol–water partition coefficient (Wildman–Crippen LogP) is 2.80. The van der Waals surface area contributed by atoms with Crippen molar-refractivity contribution in [2.75, 3.05) is 40.8 Å². The molecule has 6 N–H and O–H groups in total. The van der Waals surface area contributed by atoms with E-state index >= 15 is 0 Å². The van der Waals surface area contributed by atoms with Crippen LogP contribution in [0.1, 0.15) is 106 Å². The average Bonchev–Trinajstić information content (AvgIpc) is 3.78. The van der Waals surface area contributed by atoms with Crippen molar-refractivity contribution in [3.05, 3.63) is 51.8 Å². The fourth-order valence-electron chi connectivity index (χ4n) is 10.8. The third kappa shape index (κ3) is 14.5. The number of carbonyl (C=O) groups excluding carboxylic acids is 1. The number of aliphatic hydroxyl groups is 5. The number of nitro benzene ring substituents is 1. The molecule has 2 aromatic rings. The van der Waals surface area contributed by atoms with Crippen LogP contribution in [0.4, 0.5) is 5.69 Å². The number of benzene rings is 1. The Hall–Kier alpha value is -3.29. The first kappa shape index (κ1) is 58.6. The van der Waals surface area contributed by atoms with Crippen LogP contribution in [0.25, 0.3) is 0 Å². The van der Waals surface area contributed by atoms with Crippen molar-refractivity contribution in [2.45, 2.75) is 205 Å². The maximum atomic E-state index is 14.5. The van der Waals surface area contributed by atoms with Crippen molar-refractivity contribution in [1.82, 2.24) is 30.1 Å². The Kier molecular flexibility index (Phi) is 20.5. The molecule has 18 atom stereocenters. The van der Waals surface area contributed by atoms with Gasteiger partial charge >= 0.3 is 5.97 Å². The number of nitro groups is 1. The zero-order valence-corrected chi connectivity index (χ0v) is 44.2. The summed E-state index contributed by atoms with van der Waals surface area (Å²) in [5.41, 5.74) is -2.81. The summed E-state index contributed by atoms with van der Waals surface area (Å²) < 4.78 is 40.0. The van der Waals surface area contributed by atoms with Gasteiger partial charge in [-0.2, -0.15) is 0 Å². The number of aromatic nitrogens is 3. The van der Waals surface area contributed by atoms with Gasteiger partial charge in [-0.1, -0.05) is 38.1 Å². The molecule has 404 valence electrons. The van der Waals surface area contributed by atoms with E-state index in [0.717, 1.165) is 11.3 Å². The summed E-state index contributed by atoms with van der Waals surface area (Å²) in [6.07, 6.45) is -6.74. The summed E-state index contributed by atoms with van der Waals surface area (Å²) in [6, 6.07) is 5.41. The van der Waals surface area contributed by atoms with E-state index in [1.807, 2.05) is 50.9 Å². The molecule has 0 amide bonds. The van der Waals surface area contributed by atoms with Crippen molar-refractivity contribution < 1.29 is 63.7 Å². The molecule has 3 aliphatic rings. The van der Waals surface area contributed by atoms with Crippen LogP contribution < -0.4 is 5.32 Å². The highest BCUT2D eigenvalue weighted by Gasteiger charge is 2.53. The van der Waals surface area contributed by atoms with Crippen molar-refractivity contribution >= 4 is 11.7 Å². The number of aliphatic hydroxyl groups excluding tert-OH is 3. The molecule has 1 aromatic carbocycles. The van der Waals surface area contributed by atoms with E-state index in [2.05, 4.69) is 15.6 Å². The molecule has 5 rings (SSSR count). The van der Waals surface area contributed by atoms with E-state index in [1.54, 1.807) is 58.4 Å². The lowest BCUT2D eigenvalue weighted by Crippen LogP contribution is -2.61. The lowest BCUT2D eigenvalue weighted by Gasteiger charge is -2.49. The highest BCUT2D eigenvalue weighted by atomic mass is 16.7. The number of carbonyl (C=O) groups is 1. The number of esters is 1. The van der Waals surface area contributed by atoms with Crippen molar-refractivity contribution in [3.63, 3.8) is 0 Å². The number of cyclic esters (lactones) is 1. The van der Waals surface area contributed by atoms with Crippen LogP contribution in [0.3, 0.4) is 0 Å². The summed E-state index contributed by atoms with van der Waals surface area (Å²) >= 11 is 0. The molecule has 0 aliphatic carbocycles. The van der Waals surface area contributed by atoms with Crippen LogP contribution >= 0.6 is 0 Å². The van der Waals surface area contributed by atoms with Gasteiger partial charge in [-0.15, -0.1) is 5.10 Å². The van der Waals surface area contributed by atoms with Gasteiger partial charge in [0.15, 0.2) is 12.6 Å². The second kappa shape index (κ2) is 24.8. The summed E-state index contributed by atoms with van der Waals surface area (Å²) in [7, 11) is 5.25. The van der Waals surface area contributed by atoms with Gasteiger partial charge in [0.1, 0.15) is 30.0 Å². The molecule has 0 unspecified atom stereocenters. The minimum atomic E-state index is -1.84. The number of hydrogen-bond donors (Lipinski definition) is 6. The van der Waals surface area contributed by atoms with E-state index in [-0.39, 0.29) is 37.0 Å². The first-order chi connectivity index (χ1) is 33.2. The molecule has 21 heteroatoms. The van der Waals surface area contributed by atoms with E-state index in [1.165, 1.54) is 26.2 Å². The average molecular weight is 1010 g/mol. The summed E-state index contributed by atoms with van der Waals surface area (Å²) in [4.78, 5) is 29.0. The largest absolute Gasteiger partial charge is 0.459 e. The van der Waals surface area contributed by atoms with E-state index < -0.39 is 107 Å². The highest BCUT2D eigenvalue weighted by Crippen LogP contribution is 2.40. The third-order valence-corrected chi connectivity index (χ3v) is 15.4. The van der Waals surface area contributed by atoms with Gasteiger partial charge in [-0.3, -0.25) is 19.6 Å². The number of methoxy groups -OCH3 is 1. The van der Waals surface area contributed by atoms with E-state index in [0.29, 0.717) is 45.6 Å². The number of nitrogens with zero attached hydrogens (tertiary/aromatic N) is 6. The maximum absolute atomic E-state index is 14.5. The smallest absolute Gasteiger partial charge is 0.311 e. The molecule has 4 heterocycles. The number of non-ortho nitro benzene ring substituents is 1. The van der Waals surface area contributed by atoms with Gasteiger partial charge < -0.3 is 69.1 Å². The topological polar surface area (TPSA) is 266 Å². The lowest BCUT2D eigenvalue weighted by atomic mass is 9.77. The van der Waals surface area contributed by atoms with Crippen molar-refractivity contribution in [3.8, 4) is 0 Å². The van der Waals surface area contributed by atoms with Gasteiger partial charge in [0.2, 0.25) is 0 Å². The molecule has 21 nitrogen and oxygen atoms in total. The molecule has 3 fully saturated rings. The number of likely N-dealkylation sites (N-methyl/N-ethyl adjacent to an activating group) is 2. The Labute approximate surface area is 419 Å². The first-order valence-electron chi connectivity index (χ1n) is 25.3. The normalized spacial score (nSPS) is 39.4. The number of ether oxygens (including phenoxy) is 6. The van der Waals surface area contributed by atoms with Crippen LogP contribution in [0, 0.1) is 27.9 Å². The zero-order chi connectivity index (χ0) is 52.7. The molecule has 1 aromatic heterocycles. The second-order valence-corrected chi connectivity index (χ2v) is 21.5. The van der Waals surface area contributed by atoms with E-state index in [4.69, 9.17) is 28.4 Å². The molecular weight excluding hydrogens is 923 g/mol. The standard InChI is InChI=1S/C50H85N7O14/c1-14-39-50(10,63)43(59)33(6)55(12)27-29(2)24-48(8,62)45(31(4)42(32(5)46(61)69-39)70-40-25-49(9,66-13)44(60)34(7)68-40)71-47-41(58)38(23-30(3)67-47)54(11)21-19-36-28-56(53-52-36)22-20-51-26-35-15-17-37(18-16-35)57(64)65/h15-18,28-34,38-45,47,51,58-60,62-63H,14,19-27H2,1-13H3/t29-,30-,31+,32-,33-,34+,38+,39-,40+,41-,42+,43-,44+,45-,47+,48-,49-,50-/m1/s1. The predicted molar refractivity (Wildman–Crippen MR) is 262 cm³/mol. The van der Waals surface area contributed by atoms with Gasteiger partial charge in [0, 0.05) is 82.5 Å². The van der Waals surface area contributed by atoms with Crippen LogP contribution in [0.5, 0.6) is 0 Å². The second-order valence-electron chi connectivity index (χ2n) is 21.5.